The van der Waals surface area contributed by atoms with Crippen molar-refractivity contribution in [2.75, 3.05) is 0 Å². The fourth-order valence-electron chi connectivity index (χ4n) is 1.43. The zero-order valence-corrected chi connectivity index (χ0v) is 13.2. The molecule has 1 aromatic carbocycles. The van der Waals surface area contributed by atoms with Crippen LogP contribution in [0.2, 0.25) is 0 Å². The second-order valence-electron chi connectivity index (χ2n) is 5.43. The number of hydrogen-bond acceptors (Lipinski definition) is 2. The van der Waals surface area contributed by atoms with Gasteiger partial charge >= 0.3 is 0 Å². The molecule has 0 aliphatic heterocycles. The van der Waals surface area contributed by atoms with Gasteiger partial charge in [-0.1, -0.05) is 12.6 Å². The molecular formula is C15H21FN2OS. The van der Waals surface area contributed by atoms with Crippen molar-refractivity contribution in [3.8, 4) is 0 Å². The highest BCUT2D eigenvalue weighted by atomic mass is 32.2. The first-order chi connectivity index (χ1) is 9.25. The van der Waals surface area contributed by atoms with E-state index in [9.17, 15) is 8.60 Å². The predicted molar refractivity (Wildman–Crippen MR) is 83.5 cm³/mol. The highest BCUT2D eigenvalue weighted by Gasteiger charge is 2.19. The minimum atomic E-state index is -1.32. The first-order valence-electron chi connectivity index (χ1n) is 6.36. The van der Waals surface area contributed by atoms with Crippen LogP contribution in [0.1, 0.15) is 38.8 Å². The Morgan fingerprint density at radius 2 is 2.15 bits per heavy atom. The second kappa shape index (κ2) is 6.79. The van der Waals surface area contributed by atoms with Crippen LogP contribution in [0.15, 0.2) is 35.4 Å². The van der Waals surface area contributed by atoms with Gasteiger partial charge in [-0.3, -0.25) is 0 Å². The van der Waals surface area contributed by atoms with Gasteiger partial charge in [-0.25, -0.2) is 8.60 Å². The molecular weight excluding hydrogens is 275 g/mol. The lowest BCUT2D eigenvalue weighted by Crippen LogP contribution is -2.20. The van der Waals surface area contributed by atoms with E-state index < -0.39 is 15.7 Å². The Morgan fingerprint density at radius 3 is 2.70 bits per heavy atom. The van der Waals surface area contributed by atoms with Gasteiger partial charge in [0.25, 0.3) is 0 Å². The SMILES string of the molecule is C=CNCc1cc(C(C)=N[S@@](=O)C(C)(C)C)ccc1F. The molecule has 0 aliphatic rings. The largest absolute Gasteiger partial charge is 0.387 e. The lowest BCUT2D eigenvalue weighted by Gasteiger charge is -2.14. The summed E-state index contributed by atoms with van der Waals surface area (Å²) in [7, 11) is -1.32. The average Bonchev–Trinajstić information content (AvgIpc) is 2.36. The lowest BCUT2D eigenvalue weighted by atomic mass is 10.1. The van der Waals surface area contributed by atoms with Crippen LogP contribution in [-0.2, 0) is 17.5 Å². The average molecular weight is 296 g/mol. The second-order valence-corrected chi connectivity index (χ2v) is 7.34. The minimum absolute atomic E-state index is 0.284. The van der Waals surface area contributed by atoms with Gasteiger partial charge in [0.05, 0.1) is 10.5 Å². The first-order valence-corrected chi connectivity index (χ1v) is 7.46. The van der Waals surface area contributed by atoms with E-state index >= 15 is 0 Å². The van der Waals surface area contributed by atoms with E-state index in [4.69, 9.17) is 0 Å². The van der Waals surface area contributed by atoms with Gasteiger partial charge in [0, 0.05) is 12.1 Å². The molecule has 0 amide bonds. The van der Waals surface area contributed by atoms with E-state index in [2.05, 4.69) is 16.3 Å². The van der Waals surface area contributed by atoms with E-state index in [1.54, 1.807) is 19.1 Å². The molecule has 0 heterocycles. The summed E-state index contributed by atoms with van der Waals surface area (Å²) in [6.45, 7) is 11.3. The fourth-order valence-corrected chi connectivity index (χ4v) is 2.06. The molecule has 0 saturated carbocycles. The maximum Gasteiger partial charge on any atom is 0.145 e. The normalized spacial score (nSPS) is 13.9. The summed E-state index contributed by atoms with van der Waals surface area (Å²) in [5.41, 5.74) is 1.93. The zero-order chi connectivity index (χ0) is 15.3. The van der Waals surface area contributed by atoms with Crippen LogP contribution in [0.25, 0.3) is 0 Å². The number of hydrogen-bond donors (Lipinski definition) is 1. The molecule has 5 heteroatoms. The molecule has 1 N–H and O–H groups in total. The van der Waals surface area contributed by atoms with Crippen molar-refractivity contribution in [2.24, 2.45) is 4.40 Å². The molecule has 0 radical (unpaired) electrons. The maximum absolute atomic E-state index is 13.6. The molecule has 0 fully saturated rings. The molecule has 3 nitrogen and oxygen atoms in total. The third kappa shape index (κ3) is 4.56. The van der Waals surface area contributed by atoms with Crippen LogP contribution in [0.5, 0.6) is 0 Å². The summed E-state index contributed by atoms with van der Waals surface area (Å²) in [4.78, 5) is 0. The Balaban J connectivity index is 3.04. The van der Waals surface area contributed by atoms with Gasteiger partial charge in [-0.15, -0.1) is 0 Å². The smallest absolute Gasteiger partial charge is 0.145 e. The molecule has 1 rings (SSSR count). The van der Waals surface area contributed by atoms with E-state index in [0.29, 0.717) is 17.8 Å². The van der Waals surface area contributed by atoms with Crippen molar-refractivity contribution in [3.63, 3.8) is 0 Å². The quantitative estimate of drug-likeness (QED) is 0.847. The van der Waals surface area contributed by atoms with Crippen molar-refractivity contribution < 1.29 is 8.60 Å². The lowest BCUT2D eigenvalue weighted by molar-refractivity contribution is 0.604. The Labute approximate surface area is 122 Å². The van der Waals surface area contributed by atoms with Crippen molar-refractivity contribution in [1.29, 1.82) is 0 Å². The van der Waals surface area contributed by atoms with Crippen molar-refractivity contribution in [3.05, 3.63) is 47.9 Å². The summed E-state index contributed by atoms with van der Waals surface area (Å²) in [5.74, 6) is -0.284. The fraction of sp³-hybridized carbons (Fsp3) is 0.400. The Bertz CT molecular complexity index is 547. The Morgan fingerprint density at radius 1 is 1.50 bits per heavy atom. The van der Waals surface area contributed by atoms with Crippen LogP contribution in [-0.4, -0.2) is 14.7 Å². The van der Waals surface area contributed by atoms with Gasteiger partial charge < -0.3 is 5.32 Å². The van der Waals surface area contributed by atoms with E-state index in [1.807, 2.05) is 20.8 Å². The molecule has 0 unspecified atom stereocenters. The summed E-state index contributed by atoms with van der Waals surface area (Å²) in [6.07, 6.45) is 1.52. The highest BCUT2D eigenvalue weighted by Crippen LogP contribution is 2.16. The van der Waals surface area contributed by atoms with Gasteiger partial charge in [0.1, 0.15) is 16.8 Å². The molecule has 0 saturated heterocycles. The standard InChI is InChI=1S/C15H21FN2OS/c1-6-17-10-13-9-12(7-8-14(13)16)11(2)18-20(19)15(3,4)5/h6-9,17H,1,10H2,2-5H3/t20-/m0/s1. The maximum atomic E-state index is 13.6. The van der Waals surface area contributed by atoms with Crippen LogP contribution in [0, 0.1) is 5.82 Å². The number of benzene rings is 1. The third-order valence-electron chi connectivity index (χ3n) is 2.64. The summed E-state index contributed by atoms with van der Waals surface area (Å²) >= 11 is 0. The molecule has 20 heavy (non-hydrogen) atoms. The van der Waals surface area contributed by atoms with Crippen molar-refractivity contribution in [1.82, 2.24) is 5.32 Å². The van der Waals surface area contributed by atoms with E-state index in [0.717, 1.165) is 5.56 Å². The highest BCUT2D eigenvalue weighted by molar-refractivity contribution is 7.85. The van der Waals surface area contributed by atoms with Gasteiger partial charge in [0.15, 0.2) is 0 Å². The molecule has 1 aromatic rings. The van der Waals surface area contributed by atoms with Gasteiger partial charge in [-0.05, 0) is 51.6 Å². The third-order valence-corrected chi connectivity index (χ3v) is 4.13. The number of nitrogens with zero attached hydrogens (tertiary/aromatic N) is 1. The molecule has 0 spiro atoms. The van der Waals surface area contributed by atoms with Crippen molar-refractivity contribution >= 4 is 16.7 Å². The van der Waals surface area contributed by atoms with Crippen molar-refractivity contribution in [2.45, 2.75) is 39.0 Å². The van der Waals surface area contributed by atoms with E-state index in [-0.39, 0.29) is 5.82 Å². The van der Waals surface area contributed by atoms with Gasteiger partial charge in [0.2, 0.25) is 0 Å². The molecule has 0 aromatic heterocycles. The van der Waals surface area contributed by atoms with E-state index in [1.165, 1.54) is 12.3 Å². The summed E-state index contributed by atoms with van der Waals surface area (Å²) in [6, 6.07) is 4.75. The summed E-state index contributed by atoms with van der Waals surface area (Å²) in [5, 5.41) is 2.86. The monoisotopic (exact) mass is 296 g/mol. The molecule has 0 bridgehead atoms. The topological polar surface area (TPSA) is 41.5 Å². The molecule has 1 atom stereocenters. The minimum Gasteiger partial charge on any atom is -0.387 e. The number of nitrogens with one attached hydrogen (secondary N) is 1. The van der Waals surface area contributed by atoms with Gasteiger partial charge in [-0.2, -0.15) is 4.40 Å². The Hall–Kier alpha value is -1.49. The van der Waals surface area contributed by atoms with Crippen LogP contribution in [0.3, 0.4) is 0 Å². The summed E-state index contributed by atoms with van der Waals surface area (Å²) < 4.78 is 29.4. The van der Waals surface area contributed by atoms with Crippen LogP contribution < -0.4 is 5.32 Å². The first kappa shape index (κ1) is 16.6. The molecule has 0 aliphatic carbocycles. The van der Waals surface area contributed by atoms with Crippen LogP contribution in [0.4, 0.5) is 4.39 Å². The Kier molecular flexibility index (Phi) is 5.62. The number of halogens is 1. The molecule has 110 valence electrons. The van der Waals surface area contributed by atoms with Crippen LogP contribution >= 0.6 is 0 Å². The number of rotatable bonds is 5. The zero-order valence-electron chi connectivity index (χ0n) is 12.4. The predicted octanol–water partition coefficient (Wildman–Crippen LogP) is 3.33.